The number of nitrogens with zero attached hydrogens (tertiary/aromatic N) is 3. The molecular weight excluding hydrogens is 562 g/mol. The fourth-order valence-electron chi connectivity index (χ4n) is 7.15. The molecule has 3 aromatic heterocycles. The zero-order valence-corrected chi connectivity index (χ0v) is 24.7. The van der Waals surface area contributed by atoms with Gasteiger partial charge in [0.25, 0.3) is 0 Å². The third-order valence-electron chi connectivity index (χ3n) is 9.21. The molecule has 4 heteroatoms. The molecule has 0 aliphatic rings. The minimum atomic E-state index is 0.646. The molecule has 0 spiro atoms. The summed E-state index contributed by atoms with van der Waals surface area (Å²) in [6.07, 6.45) is 0. The molecule has 7 aromatic carbocycles. The molecule has 10 rings (SSSR count). The molecule has 0 fully saturated rings. The Balaban J connectivity index is 1.27. The van der Waals surface area contributed by atoms with Crippen LogP contribution in [0, 0.1) is 0 Å². The number of hydrogen-bond acceptors (Lipinski definition) is 3. The summed E-state index contributed by atoms with van der Waals surface area (Å²) in [4.78, 5) is 10.5. The number of furan rings is 1. The zero-order valence-electron chi connectivity index (χ0n) is 24.7. The van der Waals surface area contributed by atoms with Crippen LogP contribution in [0.5, 0.6) is 0 Å². The first-order chi connectivity index (χ1) is 22.8. The molecule has 0 saturated heterocycles. The predicted molar refractivity (Wildman–Crippen MR) is 190 cm³/mol. The molecule has 4 nitrogen and oxygen atoms in total. The number of aromatic nitrogens is 3. The largest absolute Gasteiger partial charge is 0.456 e. The second-order valence-electron chi connectivity index (χ2n) is 11.8. The van der Waals surface area contributed by atoms with E-state index in [2.05, 4.69) is 138 Å². The van der Waals surface area contributed by atoms with Gasteiger partial charge in [-0.05, 0) is 46.7 Å². The Morgan fingerprint density at radius 3 is 2.15 bits per heavy atom. The van der Waals surface area contributed by atoms with Crippen LogP contribution in [0.3, 0.4) is 0 Å². The molecule has 0 radical (unpaired) electrons. The minimum absolute atomic E-state index is 0.646. The van der Waals surface area contributed by atoms with Gasteiger partial charge in [0.2, 0.25) is 5.95 Å². The van der Waals surface area contributed by atoms with Crippen LogP contribution in [-0.4, -0.2) is 14.5 Å². The Labute approximate surface area is 263 Å². The van der Waals surface area contributed by atoms with Gasteiger partial charge < -0.3 is 4.42 Å². The van der Waals surface area contributed by atoms with E-state index in [0.29, 0.717) is 5.95 Å². The highest BCUT2D eigenvalue weighted by Crippen LogP contribution is 2.41. The van der Waals surface area contributed by atoms with E-state index in [4.69, 9.17) is 14.4 Å². The number of hydrogen-bond donors (Lipinski definition) is 0. The van der Waals surface area contributed by atoms with Gasteiger partial charge in [0, 0.05) is 38.1 Å². The predicted octanol–water partition coefficient (Wildman–Crippen LogP) is 11.1. The first-order valence-corrected chi connectivity index (χ1v) is 15.5. The van der Waals surface area contributed by atoms with Crippen molar-refractivity contribution in [1.82, 2.24) is 14.5 Å². The molecule has 0 atom stereocenters. The van der Waals surface area contributed by atoms with Crippen molar-refractivity contribution in [3.05, 3.63) is 152 Å². The van der Waals surface area contributed by atoms with E-state index in [-0.39, 0.29) is 0 Å². The average molecular weight is 588 g/mol. The molecule has 0 saturated carbocycles. The quantitative estimate of drug-likeness (QED) is 0.207. The molecule has 0 N–H and O–H groups in total. The lowest BCUT2D eigenvalue weighted by Gasteiger charge is -2.13. The Morgan fingerprint density at radius 2 is 1.24 bits per heavy atom. The normalized spacial score (nSPS) is 11.9. The molecule has 46 heavy (non-hydrogen) atoms. The van der Waals surface area contributed by atoms with Gasteiger partial charge in [0.1, 0.15) is 11.2 Å². The van der Waals surface area contributed by atoms with E-state index in [9.17, 15) is 0 Å². The standard InChI is InChI=1S/C42H25N3O/c1-2-12-27(13-3-1)40-33-16-6-8-19-35(33)43-42(44-40)45-36-20-9-7-15-31(36)32-18-10-17-30(41(32)45)28-21-23-34-38(25-28)46-37-24-22-26-11-4-5-14-29(26)39(34)37/h1-25H. The maximum atomic E-state index is 6.49. The molecule has 0 aliphatic carbocycles. The maximum absolute atomic E-state index is 6.49. The van der Waals surface area contributed by atoms with Crippen molar-refractivity contribution in [3.8, 4) is 28.3 Å². The lowest BCUT2D eigenvalue weighted by molar-refractivity contribution is 0.669. The number of para-hydroxylation sites is 3. The van der Waals surface area contributed by atoms with Crippen LogP contribution < -0.4 is 0 Å². The Kier molecular flexibility index (Phi) is 5.25. The Bertz CT molecular complexity index is 2810. The van der Waals surface area contributed by atoms with Gasteiger partial charge in [-0.3, -0.25) is 4.57 Å². The van der Waals surface area contributed by atoms with E-state index in [1.807, 2.05) is 18.2 Å². The highest BCUT2D eigenvalue weighted by Gasteiger charge is 2.20. The monoisotopic (exact) mass is 587 g/mol. The van der Waals surface area contributed by atoms with E-state index >= 15 is 0 Å². The fourth-order valence-corrected chi connectivity index (χ4v) is 7.15. The fraction of sp³-hybridized carbons (Fsp3) is 0. The second kappa shape index (κ2) is 9.62. The van der Waals surface area contributed by atoms with E-state index in [1.54, 1.807) is 0 Å². The van der Waals surface area contributed by atoms with Crippen LogP contribution in [0.1, 0.15) is 0 Å². The maximum Gasteiger partial charge on any atom is 0.235 e. The highest BCUT2D eigenvalue weighted by molar-refractivity contribution is 6.20. The van der Waals surface area contributed by atoms with Gasteiger partial charge in [-0.2, -0.15) is 0 Å². The second-order valence-corrected chi connectivity index (χ2v) is 11.8. The number of benzene rings is 7. The summed E-state index contributed by atoms with van der Waals surface area (Å²) < 4.78 is 8.72. The van der Waals surface area contributed by atoms with Crippen LogP contribution in [-0.2, 0) is 0 Å². The Morgan fingerprint density at radius 1 is 0.478 bits per heavy atom. The van der Waals surface area contributed by atoms with Gasteiger partial charge in [-0.25, -0.2) is 9.97 Å². The van der Waals surface area contributed by atoms with Crippen LogP contribution >= 0.6 is 0 Å². The molecule has 0 aliphatic heterocycles. The highest BCUT2D eigenvalue weighted by atomic mass is 16.3. The third kappa shape index (κ3) is 3.61. The summed E-state index contributed by atoms with van der Waals surface area (Å²) in [5, 5.41) is 8.04. The number of fused-ring (bicyclic) bond motifs is 9. The molecule has 3 heterocycles. The summed E-state index contributed by atoms with van der Waals surface area (Å²) in [6.45, 7) is 0. The van der Waals surface area contributed by atoms with Crippen molar-refractivity contribution in [2.75, 3.05) is 0 Å². The lowest BCUT2D eigenvalue weighted by atomic mass is 9.99. The van der Waals surface area contributed by atoms with E-state index < -0.39 is 0 Å². The molecule has 214 valence electrons. The Hall–Kier alpha value is -6.26. The van der Waals surface area contributed by atoms with Crippen molar-refractivity contribution >= 4 is 65.4 Å². The number of rotatable bonds is 3. The summed E-state index contributed by atoms with van der Waals surface area (Å²) in [5.41, 5.74) is 8.97. The van der Waals surface area contributed by atoms with Crippen molar-refractivity contribution in [3.63, 3.8) is 0 Å². The van der Waals surface area contributed by atoms with Crippen LogP contribution in [0.4, 0.5) is 0 Å². The van der Waals surface area contributed by atoms with Crippen molar-refractivity contribution in [2.45, 2.75) is 0 Å². The van der Waals surface area contributed by atoms with Crippen LogP contribution in [0.25, 0.3) is 93.8 Å². The minimum Gasteiger partial charge on any atom is -0.456 e. The summed E-state index contributed by atoms with van der Waals surface area (Å²) in [6, 6.07) is 53.0. The molecule has 0 unspecified atom stereocenters. The lowest BCUT2D eigenvalue weighted by Crippen LogP contribution is -2.04. The SMILES string of the molecule is c1ccc(-c2nc(-n3c4ccccc4c4cccc(-c5ccc6c(c5)oc5ccc7ccccc7c56)c43)nc3ccccc23)cc1. The van der Waals surface area contributed by atoms with E-state index in [1.165, 1.54) is 10.8 Å². The zero-order chi connectivity index (χ0) is 30.2. The smallest absolute Gasteiger partial charge is 0.235 e. The van der Waals surface area contributed by atoms with Crippen molar-refractivity contribution in [2.24, 2.45) is 0 Å². The molecule has 0 bridgehead atoms. The van der Waals surface area contributed by atoms with Gasteiger partial charge in [-0.1, -0.05) is 121 Å². The van der Waals surface area contributed by atoms with Crippen molar-refractivity contribution in [1.29, 1.82) is 0 Å². The van der Waals surface area contributed by atoms with Gasteiger partial charge >= 0.3 is 0 Å². The summed E-state index contributed by atoms with van der Waals surface area (Å²) in [5.74, 6) is 0.646. The summed E-state index contributed by atoms with van der Waals surface area (Å²) in [7, 11) is 0. The molecule has 0 amide bonds. The first kappa shape index (κ1) is 25.1. The molecule has 10 aromatic rings. The van der Waals surface area contributed by atoms with Gasteiger partial charge in [0.15, 0.2) is 0 Å². The van der Waals surface area contributed by atoms with Gasteiger partial charge in [0.05, 0.1) is 22.2 Å². The molecular formula is C42H25N3O. The van der Waals surface area contributed by atoms with Crippen LogP contribution in [0.2, 0.25) is 0 Å². The van der Waals surface area contributed by atoms with Crippen molar-refractivity contribution < 1.29 is 4.42 Å². The topological polar surface area (TPSA) is 43.9 Å². The van der Waals surface area contributed by atoms with E-state index in [0.717, 1.165) is 77.0 Å². The first-order valence-electron chi connectivity index (χ1n) is 15.5. The average Bonchev–Trinajstić information content (AvgIpc) is 3.67. The summed E-state index contributed by atoms with van der Waals surface area (Å²) >= 11 is 0. The van der Waals surface area contributed by atoms with Gasteiger partial charge in [-0.15, -0.1) is 0 Å². The third-order valence-corrected chi connectivity index (χ3v) is 9.21. The van der Waals surface area contributed by atoms with Crippen LogP contribution in [0.15, 0.2) is 156 Å².